The van der Waals surface area contributed by atoms with E-state index in [0.717, 1.165) is 0 Å². The van der Waals surface area contributed by atoms with Gasteiger partial charge >= 0.3 is 0 Å². The van der Waals surface area contributed by atoms with Crippen molar-refractivity contribution in [3.8, 4) is 0 Å². The van der Waals surface area contributed by atoms with Crippen LogP contribution < -0.4 is 5.32 Å². The Morgan fingerprint density at radius 3 is 2.80 bits per heavy atom. The Hall–Kier alpha value is -1.99. The molecule has 0 aliphatic heterocycles. The van der Waals surface area contributed by atoms with E-state index in [0.29, 0.717) is 4.47 Å². The molecule has 0 aliphatic carbocycles. The number of aromatic nitrogens is 1. The first kappa shape index (κ1) is 14.4. The number of nitro groups is 1. The Bertz CT molecular complexity index is 693. The predicted molar refractivity (Wildman–Crippen MR) is 78.0 cm³/mol. The van der Waals surface area contributed by atoms with Crippen molar-refractivity contribution < 1.29 is 9.72 Å². The summed E-state index contributed by atoms with van der Waals surface area (Å²) < 4.78 is 0.301. The third-order valence-corrected chi connectivity index (χ3v) is 3.37. The van der Waals surface area contributed by atoms with E-state index in [1.807, 2.05) is 0 Å². The van der Waals surface area contributed by atoms with E-state index in [1.165, 1.54) is 24.4 Å². The molecule has 0 fully saturated rings. The molecule has 0 spiro atoms. The van der Waals surface area contributed by atoms with Crippen LogP contribution in [-0.4, -0.2) is 15.8 Å². The van der Waals surface area contributed by atoms with Crippen LogP contribution in [0.15, 0.2) is 41.0 Å². The molecule has 0 unspecified atom stereocenters. The fourth-order valence-corrected chi connectivity index (χ4v) is 2.01. The first-order valence-corrected chi connectivity index (χ1v) is 6.52. The largest absolute Gasteiger partial charge is 0.305 e. The first-order chi connectivity index (χ1) is 9.49. The summed E-state index contributed by atoms with van der Waals surface area (Å²) in [6.45, 7) is 0. The topological polar surface area (TPSA) is 85.1 Å². The molecular formula is C12H7BrClN3O3. The fraction of sp³-hybridized carbons (Fsp3) is 0. The monoisotopic (exact) mass is 355 g/mol. The van der Waals surface area contributed by atoms with E-state index in [2.05, 4.69) is 26.2 Å². The van der Waals surface area contributed by atoms with Crippen LogP contribution in [0.4, 0.5) is 11.5 Å². The highest BCUT2D eigenvalue weighted by Gasteiger charge is 2.16. The molecule has 0 bridgehead atoms. The Morgan fingerprint density at radius 2 is 2.15 bits per heavy atom. The lowest BCUT2D eigenvalue weighted by Gasteiger charge is -2.06. The molecule has 6 nitrogen and oxygen atoms in total. The molecule has 20 heavy (non-hydrogen) atoms. The molecule has 0 saturated carbocycles. The van der Waals surface area contributed by atoms with Crippen molar-refractivity contribution in [1.82, 2.24) is 4.98 Å². The van der Waals surface area contributed by atoms with Crippen molar-refractivity contribution in [2.75, 3.05) is 5.32 Å². The van der Waals surface area contributed by atoms with Crippen LogP contribution in [0.5, 0.6) is 0 Å². The minimum absolute atomic E-state index is 0.140. The van der Waals surface area contributed by atoms with Crippen LogP contribution in [0, 0.1) is 10.1 Å². The maximum absolute atomic E-state index is 12.0. The summed E-state index contributed by atoms with van der Waals surface area (Å²) in [6, 6.07) is 7.28. The van der Waals surface area contributed by atoms with Crippen molar-refractivity contribution in [1.29, 1.82) is 0 Å². The molecule has 1 aromatic carbocycles. The highest BCUT2D eigenvalue weighted by atomic mass is 79.9. The Kier molecular flexibility index (Phi) is 4.31. The molecule has 8 heteroatoms. The lowest BCUT2D eigenvalue weighted by Crippen LogP contribution is -2.13. The van der Waals surface area contributed by atoms with Gasteiger partial charge in [-0.05, 0) is 40.2 Å². The predicted octanol–water partition coefficient (Wildman–Crippen LogP) is 3.66. The number of hydrogen-bond donors (Lipinski definition) is 1. The smallest absolute Gasteiger partial charge is 0.284 e. The Morgan fingerprint density at radius 1 is 1.40 bits per heavy atom. The summed E-state index contributed by atoms with van der Waals surface area (Å²) in [7, 11) is 0. The van der Waals surface area contributed by atoms with Gasteiger partial charge in [-0.3, -0.25) is 14.9 Å². The molecule has 0 radical (unpaired) electrons. The van der Waals surface area contributed by atoms with Gasteiger partial charge in [-0.2, -0.15) is 0 Å². The third-order valence-electron chi connectivity index (χ3n) is 2.40. The Labute approximate surface area is 127 Å². The average molecular weight is 357 g/mol. The highest BCUT2D eigenvalue weighted by Crippen LogP contribution is 2.26. The van der Waals surface area contributed by atoms with Crippen LogP contribution in [0.1, 0.15) is 10.4 Å². The van der Waals surface area contributed by atoms with Crippen molar-refractivity contribution in [3.63, 3.8) is 0 Å². The van der Waals surface area contributed by atoms with Crippen LogP contribution in [-0.2, 0) is 0 Å². The van der Waals surface area contributed by atoms with Crippen molar-refractivity contribution in [3.05, 3.63) is 61.7 Å². The van der Waals surface area contributed by atoms with Gasteiger partial charge in [0, 0.05) is 17.8 Å². The number of anilines is 1. The minimum Gasteiger partial charge on any atom is -0.305 e. The quantitative estimate of drug-likeness (QED) is 0.672. The zero-order valence-corrected chi connectivity index (χ0v) is 12.2. The van der Waals surface area contributed by atoms with Gasteiger partial charge in [-0.15, -0.1) is 0 Å². The van der Waals surface area contributed by atoms with E-state index in [4.69, 9.17) is 11.6 Å². The summed E-state index contributed by atoms with van der Waals surface area (Å²) in [6.07, 6.45) is 1.48. The second-order valence-electron chi connectivity index (χ2n) is 3.71. The van der Waals surface area contributed by atoms with Crippen LogP contribution >= 0.6 is 27.5 Å². The number of hydrogen-bond acceptors (Lipinski definition) is 4. The summed E-state index contributed by atoms with van der Waals surface area (Å²) in [4.78, 5) is 26.2. The van der Waals surface area contributed by atoms with Gasteiger partial charge in [0.15, 0.2) is 5.82 Å². The highest BCUT2D eigenvalue weighted by molar-refractivity contribution is 9.10. The van der Waals surface area contributed by atoms with Gasteiger partial charge in [0.1, 0.15) is 0 Å². The van der Waals surface area contributed by atoms with Crippen molar-refractivity contribution in [2.45, 2.75) is 0 Å². The average Bonchev–Trinajstić information content (AvgIpc) is 2.41. The molecule has 1 amide bonds. The lowest BCUT2D eigenvalue weighted by atomic mass is 10.2. The SMILES string of the molecule is O=C(Nc1ncccc1Cl)c1ccc(Br)c([N+](=O)[O-])c1. The van der Waals surface area contributed by atoms with Gasteiger partial charge < -0.3 is 5.32 Å². The number of amides is 1. The number of benzene rings is 1. The molecule has 1 heterocycles. The molecular weight excluding hydrogens is 350 g/mol. The number of halogens is 2. The van der Waals surface area contributed by atoms with E-state index in [-0.39, 0.29) is 22.1 Å². The second kappa shape index (κ2) is 5.98. The number of carbonyl (C=O) groups is 1. The fourth-order valence-electron chi connectivity index (χ4n) is 1.45. The molecule has 0 atom stereocenters. The molecule has 2 aromatic rings. The third kappa shape index (κ3) is 3.12. The number of pyridine rings is 1. The lowest BCUT2D eigenvalue weighted by molar-refractivity contribution is -0.385. The van der Waals surface area contributed by atoms with Crippen LogP contribution in [0.3, 0.4) is 0 Å². The molecule has 0 aliphatic rings. The number of nitrogens with one attached hydrogen (secondary N) is 1. The first-order valence-electron chi connectivity index (χ1n) is 5.35. The molecule has 1 aromatic heterocycles. The zero-order valence-electron chi connectivity index (χ0n) is 9.84. The van der Waals surface area contributed by atoms with E-state index in [1.54, 1.807) is 12.1 Å². The van der Waals surface area contributed by atoms with Crippen molar-refractivity contribution in [2.24, 2.45) is 0 Å². The van der Waals surface area contributed by atoms with Crippen LogP contribution in [0.2, 0.25) is 5.02 Å². The molecule has 0 saturated heterocycles. The molecule has 1 N–H and O–H groups in total. The zero-order chi connectivity index (χ0) is 14.7. The van der Waals surface area contributed by atoms with Gasteiger partial charge in [0.2, 0.25) is 0 Å². The van der Waals surface area contributed by atoms with Crippen molar-refractivity contribution >= 4 is 44.9 Å². The normalized spacial score (nSPS) is 10.1. The number of rotatable bonds is 3. The van der Waals surface area contributed by atoms with E-state index < -0.39 is 10.8 Å². The van der Waals surface area contributed by atoms with E-state index in [9.17, 15) is 14.9 Å². The maximum Gasteiger partial charge on any atom is 0.284 e. The molecule has 102 valence electrons. The summed E-state index contributed by atoms with van der Waals surface area (Å²) >= 11 is 8.92. The summed E-state index contributed by atoms with van der Waals surface area (Å²) in [5, 5.41) is 13.6. The standard InChI is InChI=1S/C12H7BrClN3O3/c13-8-4-3-7(6-10(8)17(19)20)12(18)16-11-9(14)2-1-5-15-11/h1-6H,(H,15,16,18). The number of nitro benzene ring substituents is 1. The van der Waals surface area contributed by atoms with E-state index >= 15 is 0 Å². The number of nitrogens with zero attached hydrogens (tertiary/aromatic N) is 2. The summed E-state index contributed by atoms with van der Waals surface area (Å²) in [5.41, 5.74) is -0.0496. The Balaban J connectivity index is 2.28. The van der Waals surface area contributed by atoms with Gasteiger partial charge in [0.25, 0.3) is 11.6 Å². The van der Waals surface area contributed by atoms with Gasteiger partial charge in [-0.1, -0.05) is 11.6 Å². The maximum atomic E-state index is 12.0. The van der Waals surface area contributed by atoms with Gasteiger partial charge in [-0.25, -0.2) is 4.98 Å². The minimum atomic E-state index is -0.575. The van der Waals surface area contributed by atoms with Gasteiger partial charge in [0.05, 0.1) is 14.4 Å². The van der Waals surface area contributed by atoms with Crippen LogP contribution in [0.25, 0.3) is 0 Å². The second-order valence-corrected chi connectivity index (χ2v) is 4.97. The molecule has 2 rings (SSSR count). The summed E-state index contributed by atoms with van der Waals surface area (Å²) in [5.74, 6) is -0.328. The number of carbonyl (C=O) groups excluding carboxylic acids is 1.